The second-order valence-electron chi connectivity index (χ2n) is 4.95. The molecule has 4 nitrogen and oxygen atoms in total. The Morgan fingerprint density at radius 1 is 1.50 bits per heavy atom. The molecule has 94 valence electrons. The highest BCUT2D eigenvalue weighted by Crippen LogP contribution is 2.41. The number of nitrogens with zero attached hydrogens (tertiary/aromatic N) is 1. The third-order valence-electron chi connectivity index (χ3n) is 3.94. The van der Waals surface area contributed by atoms with E-state index in [0.717, 1.165) is 29.5 Å². The molecule has 3 unspecified atom stereocenters. The molecule has 0 spiro atoms. The van der Waals surface area contributed by atoms with Gasteiger partial charge >= 0.3 is 0 Å². The Labute approximate surface area is 112 Å². The molecule has 4 heterocycles. The summed E-state index contributed by atoms with van der Waals surface area (Å²) < 4.78 is 8.84. The standard InChI is InChI=1S/C12H12N2O2S2/c15-11-10-7(3-4-18-10)13-12(17)14(11)8-5-6-1-2-9(8)16-6/h3-4,6,8-9H,1-2,5H2,(H,13,17). The highest BCUT2D eigenvalue weighted by atomic mass is 32.1. The number of rotatable bonds is 1. The van der Waals surface area contributed by atoms with E-state index < -0.39 is 0 Å². The molecule has 4 rings (SSSR count). The molecular formula is C12H12N2O2S2. The normalized spacial score (nSPS) is 30.3. The average Bonchev–Trinajstić information content (AvgIpc) is 3.02. The van der Waals surface area contributed by atoms with E-state index in [9.17, 15) is 4.79 Å². The van der Waals surface area contributed by atoms with Crippen LogP contribution in [0.2, 0.25) is 0 Å². The lowest BCUT2D eigenvalue weighted by atomic mass is 9.95. The first kappa shape index (κ1) is 10.9. The van der Waals surface area contributed by atoms with Crippen molar-refractivity contribution in [1.82, 2.24) is 9.55 Å². The van der Waals surface area contributed by atoms with Crippen LogP contribution >= 0.6 is 23.6 Å². The smallest absolute Gasteiger partial charge is 0.272 e. The maximum Gasteiger partial charge on any atom is 0.272 e. The predicted octanol–water partition coefficient (Wildman–Crippen LogP) is 2.61. The molecule has 2 aromatic rings. The lowest BCUT2D eigenvalue weighted by Crippen LogP contribution is -2.31. The van der Waals surface area contributed by atoms with E-state index in [1.807, 2.05) is 11.4 Å². The van der Waals surface area contributed by atoms with Crippen LogP contribution in [0.25, 0.3) is 10.2 Å². The van der Waals surface area contributed by atoms with Gasteiger partial charge in [0.25, 0.3) is 5.56 Å². The molecule has 6 heteroatoms. The minimum absolute atomic E-state index is 0.0323. The maximum atomic E-state index is 12.5. The molecule has 2 fully saturated rings. The van der Waals surface area contributed by atoms with Crippen molar-refractivity contribution in [3.05, 3.63) is 26.6 Å². The molecule has 2 bridgehead atoms. The highest BCUT2D eigenvalue weighted by molar-refractivity contribution is 7.71. The number of nitrogens with one attached hydrogen (secondary N) is 1. The van der Waals surface area contributed by atoms with Gasteiger partial charge in [-0.2, -0.15) is 0 Å². The van der Waals surface area contributed by atoms with Crippen LogP contribution in [0.3, 0.4) is 0 Å². The van der Waals surface area contributed by atoms with Gasteiger partial charge in [-0.1, -0.05) is 0 Å². The van der Waals surface area contributed by atoms with Gasteiger partial charge in [0.1, 0.15) is 4.70 Å². The van der Waals surface area contributed by atoms with E-state index in [2.05, 4.69) is 4.98 Å². The molecule has 18 heavy (non-hydrogen) atoms. The van der Waals surface area contributed by atoms with E-state index in [4.69, 9.17) is 17.0 Å². The zero-order valence-electron chi connectivity index (χ0n) is 9.59. The van der Waals surface area contributed by atoms with Crippen molar-refractivity contribution in [2.75, 3.05) is 0 Å². The van der Waals surface area contributed by atoms with Crippen molar-refractivity contribution < 1.29 is 4.74 Å². The molecule has 0 radical (unpaired) electrons. The average molecular weight is 280 g/mol. The van der Waals surface area contributed by atoms with E-state index in [1.165, 1.54) is 11.3 Å². The fourth-order valence-electron chi connectivity index (χ4n) is 3.13. The Morgan fingerprint density at radius 3 is 3.11 bits per heavy atom. The van der Waals surface area contributed by atoms with Crippen LogP contribution in [0.1, 0.15) is 25.3 Å². The molecule has 2 aliphatic rings. The third kappa shape index (κ3) is 1.39. The van der Waals surface area contributed by atoms with Gasteiger partial charge in [-0.15, -0.1) is 11.3 Å². The number of H-pyrrole nitrogens is 1. The van der Waals surface area contributed by atoms with Crippen LogP contribution in [0.4, 0.5) is 0 Å². The number of aromatic amines is 1. The van der Waals surface area contributed by atoms with E-state index in [0.29, 0.717) is 10.9 Å². The van der Waals surface area contributed by atoms with Gasteiger partial charge in [-0.3, -0.25) is 9.36 Å². The first-order chi connectivity index (χ1) is 8.74. The van der Waals surface area contributed by atoms with Crippen LogP contribution in [-0.2, 0) is 4.74 Å². The lowest BCUT2D eigenvalue weighted by Gasteiger charge is -2.21. The molecule has 0 aliphatic carbocycles. The largest absolute Gasteiger partial charge is 0.373 e. The van der Waals surface area contributed by atoms with Crippen LogP contribution in [0, 0.1) is 4.77 Å². The van der Waals surface area contributed by atoms with Crippen molar-refractivity contribution in [2.45, 2.75) is 37.5 Å². The maximum absolute atomic E-state index is 12.5. The summed E-state index contributed by atoms with van der Waals surface area (Å²) in [6, 6.07) is 2.02. The van der Waals surface area contributed by atoms with Gasteiger partial charge in [-0.05, 0) is 42.9 Å². The number of hydrogen-bond donors (Lipinski definition) is 1. The Bertz CT molecular complexity index is 729. The molecule has 3 atom stereocenters. The highest BCUT2D eigenvalue weighted by Gasteiger charge is 2.42. The van der Waals surface area contributed by atoms with E-state index in [-0.39, 0.29) is 17.7 Å². The summed E-state index contributed by atoms with van der Waals surface area (Å²) in [5, 5.41) is 1.92. The Hall–Kier alpha value is -0.980. The van der Waals surface area contributed by atoms with Gasteiger partial charge in [0.05, 0.1) is 23.8 Å². The molecule has 2 aliphatic heterocycles. The Morgan fingerprint density at radius 2 is 2.39 bits per heavy atom. The van der Waals surface area contributed by atoms with Gasteiger partial charge < -0.3 is 9.72 Å². The van der Waals surface area contributed by atoms with Crippen LogP contribution < -0.4 is 5.56 Å². The van der Waals surface area contributed by atoms with E-state index in [1.54, 1.807) is 4.57 Å². The molecule has 0 saturated carbocycles. The van der Waals surface area contributed by atoms with Crippen molar-refractivity contribution in [1.29, 1.82) is 0 Å². The van der Waals surface area contributed by atoms with Crippen LogP contribution in [-0.4, -0.2) is 21.8 Å². The van der Waals surface area contributed by atoms with Gasteiger partial charge in [0.15, 0.2) is 4.77 Å². The second kappa shape index (κ2) is 3.76. The molecular weight excluding hydrogens is 268 g/mol. The van der Waals surface area contributed by atoms with E-state index >= 15 is 0 Å². The molecule has 0 amide bonds. The zero-order valence-corrected chi connectivity index (χ0v) is 11.2. The summed E-state index contributed by atoms with van der Waals surface area (Å²) in [5.74, 6) is 0. The monoisotopic (exact) mass is 280 g/mol. The number of hydrogen-bond acceptors (Lipinski definition) is 4. The predicted molar refractivity (Wildman–Crippen MR) is 72.8 cm³/mol. The number of ether oxygens (including phenoxy) is 1. The van der Waals surface area contributed by atoms with Crippen molar-refractivity contribution in [2.24, 2.45) is 0 Å². The van der Waals surface area contributed by atoms with Gasteiger partial charge in [0.2, 0.25) is 0 Å². The number of aromatic nitrogens is 2. The summed E-state index contributed by atoms with van der Waals surface area (Å²) in [6.45, 7) is 0. The number of thiophene rings is 1. The Balaban J connectivity index is 1.95. The van der Waals surface area contributed by atoms with Gasteiger partial charge in [-0.25, -0.2) is 0 Å². The van der Waals surface area contributed by atoms with Crippen LogP contribution in [0.5, 0.6) is 0 Å². The van der Waals surface area contributed by atoms with Gasteiger partial charge in [0, 0.05) is 0 Å². The summed E-state index contributed by atoms with van der Waals surface area (Å²) in [7, 11) is 0. The summed E-state index contributed by atoms with van der Waals surface area (Å²) in [4.78, 5) is 15.7. The topological polar surface area (TPSA) is 47.0 Å². The second-order valence-corrected chi connectivity index (χ2v) is 6.25. The molecule has 2 aromatic heterocycles. The van der Waals surface area contributed by atoms with Crippen molar-refractivity contribution >= 4 is 33.8 Å². The minimum atomic E-state index is 0.0323. The summed E-state index contributed by atoms with van der Waals surface area (Å²) >= 11 is 6.81. The lowest BCUT2D eigenvalue weighted by molar-refractivity contribution is 0.0931. The SMILES string of the molecule is O=c1c2sccc2[nH]c(=S)n1C1CC2CCC1O2. The molecule has 1 N–H and O–H groups in total. The summed E-state index contributed by atoms with van der Waals surface area (Å²) in [6.07, 6.45) is 3.56. The minimum Gasteiger partial charge on any atom is -0.373 e. The zero-order chi connectivity index (χ0) is 12.3. The quantitative estimate of drug-likeness (QED) is 0.817. The van der Waals surface area contributed by atoms with Crippen LogP contribution in [0.15, 0.2) is 16.2 Å². The Kier molecular flexibility index (Phi) is 2.27. The fourth-order valence-corrected chi connectivity index (χ4v) is 4.25. The fraction of sp³-hybridized carbons (Fsp3) is 0.500. The van der Waals surface area contributed by atoms with Crippen molar-refractivity contribution in [3.8, 4) is 0 Å². The summed E-state index contributed by atoms with van der Waals surface area (Å²) in [5.41, 5.74) is 0.875. The first-order valence-corrected chi connectivity index (χ1v) is 7.40. The first-order valence-electron chi connectivity index (χ1n) is 6.11. The molecule has 2 saturated heterocycles. The number of fused-ring (bicyclic) bond motifs is 3. The van der Waals surface area contributed by atoms with Crippen molar-refractivity contribution in [3.63, 3.8) is 0 Å². The third-order valence-corrected chi connectivity index (χ3v) is 5.15. The molecule has 0 aromatic carbocycles.